The van der Waals surface area contributed by atoms with Gasteiger partial charge in [-0.1, -0.05) is 18.2 Å². The topological polar surface area (TPSA) is 55.2 Å². The summed E-state index contributed by atoms with van der Waals surface area (Å²) in [7, 11) is 0. The molecular formula is C13H12N2O2. The van der Waals surface area contributed by atoms with Crippen molar-refractivity contribution in [1.29, 1.82) is 0 Å². The number of aryl methyl sites for hydroxylation is 1. The first kappa shape index (κ1) is 11.1. The van der Waals surface area contributed by atoms with Crippen molar-refractivity contribution < 1.29 is 4.92 Å². The molecule has 4 nitrogen and oxygen atoms in total. The molecule has 0 saturated carbocycles. The van der Waals surface area contributed by atoms with Crippen LogP contribution in [0.3, 0.4) is 0 Å². The molecule has 0 bridgehead atoms. The van der Waals surface area contributed by atoms with E-state index < -0.39 is 4.92 Å². The van der Waals surface area contributed by atoms with Crippen LogP contribution in [0.15, 0.2) is 48.5 Å². The minimum Gasteiger partial charge on any atom is -0.355 e. The first-order valence-corrected chi connectivity index (χ1v) is 5.24. The second kappa shape index (κ2) is 4.65. The lowest BCUT2D eigenvalue weighted by Crippen LogP contribution is -1.93. The molecule has 4 heteroatoms. The lowest BCUT2D eigenvalue weighted by molar-refractivity contribution is -0.384. The zero-order chi connectivity index (χ0) is 12.3. The number of nitrogens with one attached hydrogen (secondary N) is 1. The highest BCUT2D eigenvalue weighted by atomic mass is 16.6. The minimum absolute atomic E-state index is 0.0975. The molecule has 0 amide bonds. The Balaban J connectivity index is 2.20. The summed E-state index contributed by atoms with van der Waals surface area (Å²) < 4.78 is 0. The van der Waals surface area contributed by atoms with Gasteiger partial charge in [-0.2, -0.15) is 0 Å². The van der Waals surface area contributed by atoms with Crippen LogP contribution < -0.4 is 5.32 Å². The van der Waals surface area contributed by atoms with Gasteiger partial charge in [0.05, 0.1) is 4.92 Å². The van der Waals surface area contributed by atoms with E-state index in [9.17, 15) is 10.1 Å². The number of hydrogen-bond donors (Lipinski definition) is 1. The molecular weight excluding hydrogens is 216 g/mol. The molecule has 1 N–H and O–H groups in total. The van der Waals surface area contributed by atoms with Crippen LogP contribution in [0.25, 0.3) is 0 Å². The predicted octanol–water partition coefficient (Wildman–Crippen LogP) is 3.65. The Hall–Kier alpha value is -2.36. The van der Waals surface area contributed by atoms with E-state index in [-0.39, 0.29) is 5.69 Å². The average Bonchev–Trinajstić information content (AvgIpc) is 2.33. The highest BCUT2D eigenvalue weighted by Gasteiger charge is 2.04. The van der Waals surface area contributed by atoms with Gasteiger partial charge in [0.15, 0.2) is 0 Å². The second-order valence-corrected chi connectivity index (χ2v) is 3.74. The Morgan fingerprint density at radius 2 is 1.71 bits per heavy atom. The van der Waals surface area contributed by atoms with Gasteiger partial charge in [0, 0.05) is 23.5 Å². The maximum atomic E-state index is 10.5. The monoisotopic (exact) mass is 228 g/mol. The van der Waals surface area contributed by atoms with Crippen molar-refractivity contribution in [2.75, 3.05) is 5.32 Å². The van der Waals surface area contributed by atoms with E-state index in [4.69, 9.17) is 0 Å². The van der Waals surface area contributed by atoms with Gasteiger partial charge in [-0.3, -0.25) is 10.1 Å². The number of anilines is 2. The van der Waals surface area contributed by atoms with Crippen LogP contribution >= 0.6 is 0 Å². The minimum atomic E-state index is -0.405. The van der Waals surface area contributed by atoms with Crippen LogP contribution in [0.2, 0.25) is 0 Å². The van der Waals surface area contributed by atoms with E-state index in [0.29, 0.717) is 0 Å². The Kier molecular flexibility index (Phi) is 3.05. The highest BCUT2D eigenvalue weighted by molar-refractivity contribution is 5.63. The number of nitro benzene ring substituents is 1. The van der Waals surface area contributed by atoms with Crippen LogP contribution in [-0.2, 0) is 0 Å². The maximum absolute atomic E-state index is 10.5. The molecule has 0 heterocycles. The van der Waals surface area contributed by atoms with Gasteiger partial charge in [-0.25, -0.2) is 0 Å². The summed E-state index contributed by atoms with van der Waals surface area (Å²) in [4.78, 5) is 10.1. The zero-order valence-electron chi connectivity index (χ0n) is 9.38. The molecule has 17 heavy (non-hydrogen) atoms. The van der Waals surface area contributed by atoms with E-state index in [1.165, 1.54) is 12.1 Å². The lowest BCUT2D eigenvalue weighted by atomic mass is 10.2. The smallest absolute Gasteiger partial charge is 0.269 e. The fraction of sp³-hybridized carbons (Fsp3) is 0.0769. The zero-order valence-corrected chi connectivity index (χ0v) is 9.38. The molecule has 2 aromatic rings. The van der Waals surface area contributed by atoms with Crippen LogP contribution in [0.4, 0.5) is 17.1 Å². The Labute approximate surface area is 99.1 Å². The number of benzene rings is 2. The summed E-state index contributed by atoms with van der Waals surface area (Å²) in [5.74, 6) is 0. The molecule has 0 aliphatic rings. The number of para-hydroxylation sites is 1. The first-order chi connectivity index (χ1) is 8.16. The fourth-order valence-electron chi connectivity index (χ4n) is 1.54. The molecule has 0 radical (unpaired) electrons. The number of non-ortho nitro benzene ring substituents is 1. The van der Waals surface area contributed by atoms with E-state index in [1.807, 2.05) is 31.2 Å². The first-order valence-electron chi connectivity index (χ1n) is 5.24. The van der Waals surface area contributed by atoms with E-state index in [1.54, 1.807) is 12.1 Å². The molecule has 0 spiro atoms. The third-order valence-corrected chi connectivity index (χ3v) is 2.50. The van der Waals surface area contributed by atoms with Gasteiger partial charge in [0.1, 0.15) is 0 Å². The maximum Gasteiger partial charge on any atom is 0.269 e. The molecule has 0 aromatic heterocycles. The third-order valence-electron chi connectivity index (χ3n) is 2.50. The van der Waals surface area contributed by atoms with Crippen molar-refractivity contribution in [3.8, 4) is 0 Å². The molecule has 2 aromatic carbocycles. The van der Waals surface area contributed by atoms with Crippen LogP contribution in [0.5, 0.6) is 0 Å². The summed E-state index contributed by atoms with van der Waals surface area (Å²) in [6.07, 6.45) is 0. The average molecular weight is 228 g/mol. The summed E-state index contributed by atoms with van der Waals surface area (Å²) in [5, 5.41) is 13.7. The van der Waals surface area contributed by atoms with Crippen LogP contribution in [0.1, 0.15) is 5.56 Å². The lowest BCUT2D eigenvalue weighted by Gasteiger charge is -2.08. The Morgan fingerprint density at radius 3 is 2.29 bits per heavy atom. The standard InChI is InChI=1S/C13H12N2O2/c1-10-4-2-3-5-13(10)14-11-6-8-12(9-7-11)15(16)17/h2-9,14H,1H3. The van der Waals surface area contributed by atoms with Crippen molar-refractivity contribution in [2.45, 2.75) is 6.92 Å². The fourth-order valence-corrected chi connectivity index (χ4v) is 1.54. The molecule has 86 valence electrons. The largest absolute Gasteiger partial charge is 0.355 e. The van der Waals surface area contributed by atoms with E-state index in [2.05, 4.69) is 5.32 Å². The molecule has 2 rings (SSSR count). The summed E-state index contributed by atoms with van der Waals surface area (Å²) >= 11 is 0. The number of hydrogen-bond acceptors (Lipinski definition) is 3. The van der Waals surface area contributed by atoms with Gasteiger partial charge in [-0.05, 0) is 30.7 Å². The second-order valence-electron chi connectivity index (χ2n) is 3.74. The quantitative estimate of drug-likeness (QED) is 0.644. The van der Waals surface area contributed by atoms with Gasteiger partial charge >= 0.3 is 0 Å². The molecule has 0 unspecified atom stereocenters. The van der Waals surface area contributed by atoms with E-state index >= 15 is 0 Å². The summed E-state index contributed by atoms with van der Waals surface area (Å²) in [6, 6.07) is 14.3. The number of rotatable bonds is 3. The Bertz CT molecular complexity index is 535. The van der Waals surface area contributed by atoms with Crippen molar-refractivity contribution in [3.63, 3.8) is 0 Å². The summed E-state index contributed by atoms with van der Waals surface area (Å²) in [6.45, 7) is 2.01. The predicted molar refractivity (Wildman–Crippen MR) is 67.6 cm³/mol. The molecule has 0 atom stereocenters. The van der Waals surface area contributed by atoms with Gasteiger partial charge in [0.25, 0.3) is 5.69 Å². The molecule has 0 aliphatic carbocycles. The number of nitrogens with zero attached hydrogens (tertiary/aromatic N) is 1. The number of nitro groups is 1. The van der Waals surface area contributed by atoms with Gasteiger partial charge in [-0.15, -0.1) is 0 Å². The van der Waals surface area contributed by atoms with E-state index in [0.717, 1.165) is 16.9 Å². The van der Waals surface area contributed by atoms with Gasteiger partial charge in [0.2, 0.25) is 0 Å². The molecule has 0 fully saturated rings. The third kappa shape index (κ3) is 2.60. The van der Waals surface area contributed by atoms with Crippen LogP contribution in [-0.4, -0.2) is 4.92 Å². The van der Waals surface area contributed by atoms with Crippen molar-refractivity contribution >= 4 is 17.1 Å². The van der Waals surface area contributed by atoms with Crippen LogP contribution in [0, 0.1) is 17.0 Å². The van der Waals surface area contributed by atoms with Crippen molar-refractivity contribution in [2.24, 2.45) is 0 Å². The highest BCUT2D eigenvalue weighted by Crippen LogP contribution is 2.22. The normalized spacial score (nSPS) is 9.94. The van der Waals surface area contributed by atoms with Crippen molar-refractivity contribution in [1.82, 2.24) is 0 Å². The Morgan fingerprint density at radius 1 is 1.06 bits per heavy atom. The summed E-state index contributed by atoms with van der Waals surface area (Å²) in [5.41, 5.74) is 3.07. The SMILES string of the molecule is Cc1ccccc1Nc1ccc([N+](=O)[O-])cc1. The van der Waals surface area contributed by atoms with Crippen molar-refractivity contribution in [3.05, 3.63) is 64.2 Å². The molecule has 0 saturated heterocycles. The van der Waals surface area contributed by atoms with Gasteiger partial charge < -0.3 is 5.32 Å². The molecule has 0 aliphatic heterocycles.